The molecule has 2 rings (SSSR count). The molecule has 2 aromatic rings. The molecule has 168 valence electrons. The molecule has 0 unspecified atom stereocenters. The number of para-hydroxylation sites is 1. The number of nitrogens with one attached hydrogen (secondary N) is 1. The standard InChI is InChI=1S/C23H33N7.HI/c1-4-5-6-7-11-17-29(3)23(26-2)27-16-12-15-21-20(18-24)22(25)30(28-21)19-13-9-8-10-14-19;/h4,8-10,13-14H,1,5-7,11-12,15-17,25H2,2-3H3,(H,26,27);1H. The Morgan fingerprint density at radius 2 is 2.03 bits per heavy atom. The smallest absolute Gasteiger partial charge is 0.193 e. The number of nitriles is 1. The van der Waals surface area contributed by atoms with Crippen LogP contribution in [0.2, 0.25) is 0 Å². The number of nitrogen functional groups attached to an aromatic ring is 1. The van der Waals surface area contributed by atoms with E-state index in [1.165, 1.54) is 12.8 Å². The third-order valence-corrected chi connectivity index (χ3v) is 4.95. The maximum Gasteiger partial charge on any atom is 0.193 e. The van der Waals surface area contributed by atoms with Crippen LogP contribution in [0.1, 0.15) is 43.4 Å². The minimum atomic E-state index is 0. The maximum absolute atomic E-state index is 9.52. The summed E-state index contributed by atoms with van der Waals surface area (Å²) >= 11 is 0. The number of hydrogen-bond acceptors (Lipinski definition) is 4. The third kappa shape index (κ3) is 7.90. The molecule has 1 aromatic heterocycles. The van der Waals surface area contributed by atoms with Crippen LogP contribution in [-0.4, -0.2) is 47.8 Å². The fourth-order valence-corrected chi connectivity index (χ4v) is 3.30. The summed E-state index contributed by atoms with van der Waals surface area (Å²) in [6.07, 6.45) is 8.05. The first-order valence-electron chi connectivity index (χ1n) is 10.5. The van der Waals surface area contributed by atoms with Gasteiger partial charge >= 0.3 is 0 Å². The van der Waals surface area contributed by atoms with Gasteiger partial charge in [-0.15, -0.1) is 30.6 Å². The van der Waals surface area contributed by atoms with E-state index in [9.17, 15) is 5.26 Å². The Balaban J connectivity index is 0.00000480. The predicted molar refractivity (Wildman–Crippen MR) is 139 cm³/mol. The number of nitrogens with two attached hydrogens (primary N) is 1. The summed E-state index contributed by atoms with van der Waals surface area (Å²) in [5, 5.41) is 17.5. The molecular formula is C23H34IN7. The van der Waals surface area contributed by atoms with E-state index in [0.29, 0.717) is 17.8 Å². The summed E-state index contributed by atoms with van der Waals surface area (Å²) in [5.41, 5.74) is 8.21. The molecule has 0 fully saturated rings. The second kappa shape index (κ2) is 14.5. The largest absolute Gasteiger partial charge is 0.382 e. The summed E-state index contributed by atoms with van der Waals surface area (Å²) in [7, 11) is 3.85. The van der Waals surface area contributed by atoms with E-state index in [1.54, 1.807) is 11.7 Å². The second-order valence-corrected chi connectivity index (χ2v) is 7.20. The lowest BCUT2D eigenvalue weighted by molar-refractivity contribution is 0.454. The van der Waals surface area contributed by atoms with E-state index in [-0.39, 0.29) is 24.0 Å². The minimum Gasteiger partial charge on any atom is -0.382 e. The Bertz CT molecular complexity index is 868. The van der Waals surface area contributed by atoms with Crippen LogP contribution >= 0.6 is 24.0 Å². The number of rotatable bonds is 11. The minimum absolute atomic E-state index is 0. The van der Waals surface area contributed by atoms with Crippen LogP contribution in [0.3, 0.4) is 0 Å². The quantitative estimate of drug-likeness (QED) is 0.148. The van der Waals surface area contributed by atoms with Gasteiger partial charge in [0.05, 0.1) is 11.4 Å². The van der Waals surface area contributed by atoms with Gasteiger partial charge in [-0.1, -0.05) is 30.7 Å². The fourth-order valence-electron chi connectivity index (χ4n) is 3.30. The van der Waals surface area contributed by atoms with Crippen LogP contribution in [0, 0.1) is 11.3 Å². The van der Waals surface area contributed by atoms with E-state index in [1.807, 2.05) is 36.4 Å². The number of halogens is 1. The van der Waals surface area contributed by atoms with E-state index in [0.717, 1.165) is 49.7 Å². The van der Waals surface area contributed by atoms with Gasteiger partial charge in [-0.3, -0.25) is 4.99 Å². The van der Waals surface area contributed by atoms with E-state index in [4.69, 9.17) is 5.73 Å². The number of aliphatic imine (C=N–C) groups is 1. The number of unbranched alkanes of at least 4 members (excludes halogenated alkanes) is 3. The number of allylic oxidation sites excluding steroid dienone is 1. The normalized spacial score (nSPS) is 10.8. The predicted octanol–water partition coefficient (Wildman–Crippen LogP) is 4.13. The molecule has 0 aliphatic heterocycles. The number of guanidine groups is 1. The zero-order valence-corrected chi connectivity index (χ0v) is 20.9. The van der Waals surface area contributed by atoms with Gasteiger partial charge < -0.3 is 16.0 Å². The molecule has 1 heterocycles. The van der Waals surface area contributed by atoms with Gasteiger partial charge in [0, 0.05) is 27.2 Å². The molecule has 7 nitrogen and oxygen atoms in total. The number of aryl methyl sites for hydroxylation is 1. The summed E-state index contributed by atoms with van der Waals surface area (Å²) < 4.78 is 1.64. The van der Waals surface area contributed by atoms with Gasteiger partial charge in [0.15, 0.2) is 5.96 Å². The van der Waals surface area contributed by atoms with Crippen molar-refractivity contribution in [3.05, 3.63) is 54.2 Å². The third-order valence-electron chi connectivity index (χ3n) is 4.95. The number of benzene rings is 1. The molecule has 0 aliphatic rings. The van der Waals surface area contributed by atoms with E-state index < -0.39 is 0 Å². The lowest BCUT2D eigenvalue weighted by atomic mass is 10.1. The van der Waals surface area contributed by atoms with Crippen molar-refractivity contribution in [2.24, 2.45) is 4.99 Å². The summed E-state index contributed by atoms with van der Waals surface area (Å²) in [5.74, 6) is 1.27. The average molecular weight is 535 g/mol. The molecule has 0 saturated carbocycles. The van der Waals surface area contributed by atoms with Gasteiger partial charge in [0.25, 0.3) is 0 Å². The maximum atomic E-state index is 9.52. The molecule has 0 bridgehead atoms. The van der Waals surface area contributed by atoms with Gasteiger partial charge in [0.2, 0.25) is 0 Å². The monoisotopic (exact) mass is 535 g/mol. The SMILES string of the molecule is C=CCCCCCN(C)C(=NC)NCCCc1nn(-c2ccccc2)c(N)c1C#N.I. The van der Waals surface area contributed by atoms with Crippen LogP contribution in [0.5, 0.6) is 0 Å². The molecular weight excluding hydrogens is 501 g/mol. The summed E-state index contributed by atoms with van der Waals surface area (Å²) in [6, 6.07) is 11.8. The molecule has 1 aromatic carbocycles. The fraction of sp³-hybridized carbons (Fsp3) is 0.435. The first kappa shape index (κ1) is 26.5. The van der Waals surface area contributed by atoms with Crippen molar-refractivity contribution in [2.75, 3.05) is 32.9 Å². The topological polar surface area (TPSA) is 95.3 Å². The van der Waals surface area contributed by atoms with Gasteiger partial charge in [-0.2, -0.15) is 10.4 Å². The highest BCUT2D eigenvalue weighted by atomic mass is 127. The lowest BCUT2D eigenvalue weighted by Gasteiger charge is -2.22. The summed E-state index contributed by atoms with van der Waals surface area (Å²) in [6.45, 7) is 5.47. The lowest BCUT2D eigenvalue weighted by Crippen LogP contribution is -2.39. The zero-order valence-electron chi connectivity index (χ0n) is 18.5. The number of aromatic nitrogens is 2. The van der Waals surface area contributed by atoms with Crippen molar-refractivity contribution in [1.82, 2.24) is 20.0 Å². The number of nitrogens with zero attached hydrogens (tertiary/aromatic N) is 5. The summed E-state index contributed by atoms with van der Waals surface area (Å²) in [4.78, 5) is 6.51. The Morgan fingerprint density at radius 3 is 2.68 bits per heavy atom. The Hall–Kier alpha value is -2.54. The Labute approximate surface area is 203 Å². The highest BCUT2D eigenvalue weighted by Crippen LogP contribution is 2.21. The molecule has 3 N–H and O–H groups in total. The Kier molecular flexibility index (Phi) is 12.4. The van der Waals surface area contributed by atoms with Crippen molar-refractivity contribution < 1.29 is 0 Å². The van der Waals surface area contributed by atoms with Crippen LogP contribution in [0.15, 0.2) is 48.0 Å². The van der Waals surface area contributed by atoms with Crippen molar-refractivity contribution in [3.63, 3.8) is 0 Å². The first-order chi connectivity index (χ1) is 14.6. The highest BCUT2D eigenvalue weighted by Gasteiger charge is 2.16. The molecule has 0 saturated heterocycles. The Morgan fingerprint density at radius 1 is 1.29 bits per heavy atom. The molecule has 31 heavy (non-hydrogen) atoms. The van der Waals surface area contributed by atoms with Crippen molar-refractivity contribution in [1.29, 1.82) is 5.26 Å². The van der Waals surface area contributed by atoms with Gasteiger partial charge in [-0.05, 0) is 44.2 Å². The van der Waals surface area contributed by atoms with Crippen LogP contribution in [0.4, 0.5) is 5.82 Å². The van der Waals surface area contributed by atoms with Crippen molar-refractivity contribution in [2.45, 2.75) is 38.5 Å². The number of hydrogen-bond donors (Lipinski definition) is 2. The highest BCUT2D eigenvalue weighted by molar-refractivity contribution is 14.0. The van der Waals surface area contributed by atoms with Crippen LogP contribution in [0.25, 0.3) is 5.69 Å². The molecule has 0 radical (unpaired) electrons. The average Bonchev–Trinajstić information content (AvgIpc) is 3.09. The molecule has 0 amide bonds. The molecule has 0 spiro atoms. The molecule has 8 heteroatoms. The van der Waals surface area contributed by atoms with Crippen molar-refractivity contribution in [3.8, 4) is 11.8 Å². The molecule has 0 atom stereocenters. The van der Waals surface area contributed by atoms with Gasteiger partial charge in [-0.25, -0.2) is 4.68 Å². The van der Waals surface area contributed by atoms with Crippen molar-refractivity contribution >= 4 is 35.8 Å². The van der Waals surface area contributed by atoms with Crippen LogP contribution in [-0.2, 0) is 6.42 Å². The second-order valence-electron chi connectivity index (χ2n) is 7.20. The zero-order chi connectivity index (χ0) is 21.8. The van der Waals surface area contributed by atoms with E-state index >= 15 is 0 Å². The van der Waals surface area contributed by atoms with Crippen LogP contribution < -0.4 is 11.1 Å². The van der Waals surface area contributed by atoms with Gasteiger partial charge in [0.1, 0.15) is 17.5 Å². The first-order valence-corrected chi connectivity index (χ1v) is 10.5. The molecule has 0 aliphatic carbocycles. The van der Waals surface area contributed by atoms with E-state index in [2.05, 4.69) is 40.0 Å². The number of anilines is 1.